The van der Waals surface area contributed by atoms with Gasteiger partial charge in [0.25, 0.3) is 0 Å². The Morgan fingerprint density at radius 2 is 1.41 bits per heavy atom. The number of hydrogen-bond acceptors (Lipinski definition) is 3. The first-order chi connectivity index (χ1) is 22.0. The second-order valence-corrected chi connectivity index (χ2v) is 12.0. The van der Waals surface area contributed by atoms with Crippen LogP contribution >= 0.6 is 0 Å². The van der Waals surface area contributed by atoms with E-state index < -0.39 is 0 Å². The molecule has 6 heteroatoms. The first-order valence-corrected chi connectivity index (χ1v) is 16.2. The third-order valence-corrected chi connectivity index (χ3v) is 9.66. The van der Waals surface area contributed by atoms with Crippen LogP contribution in [0, 0.1) is 17.9 Å². The van der Waals surface area contributed by atoms with Crippen molar-refractivity contribution in [2.45, 2.75) is 53.4 Å². The maximum atomic E-state index is 11.7. The molecular weight excluding hydrogens is 747 g/mol. The molecule has 1 N–H and O–H groups in total. The number of aromatic nitrogens is 3. The minimum atomic E-state index is 0. The van der Waals surface area contributed by atoms with Gasteiger partial charge in [0.15, 0.2) is 11.4 Å². The zero-order valence-corrected chi connectivity index (χ0v) is 29.1. The number of fused-ring (bicyclic) bond motifs is 10. The van der Waals surface area contributed by atoms with Gasteiger partial charge in [-0.25, -0.2) is 4.98 Å². The van der Waals surface area contributed by atoms with Crippen LogP contribution in [0.1, 0.15) is 53.4 Å². The Labute approximate surface area is 282 Å². The number of hydrogen-bond donors (Lipinski definition) is 1. The number of benzene rings is 4. The molecule has 4 aromatic heterocycles. The Balaban J connectivity index is 0.000000201. The number of pyridine rings is 1. The zero-order valence-electron chi connectivity index (χ0n) is 26.7. The third kappa shape index (κ3) is 4.87. The fourth-order valence-electron chi connectivity index (χ4n) is 7.21. The molecule has 0 atom stereocenters. The molecule has 46 heavy (non-hydrogen) atoms. The van der Waals surface area contributed by atoms with Gasteiger partial charge in [0, 0.05) is 55.0 Å². The topological polar surface area (TPSA) is 59.0 Å². The monoisotopic (exact) mass is 785 g/mol. The van der Waals surface area contributed by atoms with Crippen molar-refractivity contribution in [2.24, 2.45) is 11.8 Å². The average molecular weight is 785 g/mol. The normalized spacial score (nSPS) is 12.3. The summed E-state index contributed by atoms with van der Waals surface area (Å²) in [6, 6.07) is 31.7. The summed E-state index contributed by atoms with van der Waals surface area (Å²) in [5.41, 5.74) is 6.86. The van der Waals surface area contributed by atoms with Crippen LogP contribution in [0.4, 0.5) is 0 Å². The van der Waals surface area contributed by atoms with Crippen LogP contribution in [-0.4, -0.2) is 24.7 Å². The van der Waals surface area contributed by atoms with Crippen molar-refractivity contribution in [3.05, 3.63) is 103 Å². The van der Waals surface area contributed by atoms with Crippen molar-refractivity contribution < 1.29 is 30.0 Å². The van der Waals surface area contributed by atoms with E-state index in [9.17, 15) is 9.90 Å². The van der Waals surface area contributed by atoms with Crippen LogP contribution in [0.2, 0.25) is 0 Å². The molecule has 8 rings (SSSR count). The molecule has 0 unspecified atom stereocenters. The van der Waals surface area contributed by atoms with Gasteiger partial charge in [-0.3, -0.25) is 4.79 Å². The summed E-state index contributed by atoms with van der Waals surface area (Å²) in [4.78, 5) is 16.6. The molecule has 5 nitrogen and oxygen atoms in total. The van der Waals surface area contributed by atoms with Gasteiger partial charge in [0.2, 0.25) is 0 Å². The van der Waals surface area contributed by atoms with Crippen molar-refractivity contribution in [1.82, 2.24) is 13.8 Å². The summed E-state index contributed by atoms with van der Waals surface area (Å²) in [5, 5.41) is 17.2. The number of nitrogens with zero attached hydrogens (tertiary/aromatic N) is 3. The summed E-state index contributed by atoms with van der Waals surface area (Å²) in [7, 11) is 0. The molecule has 4 heterocycles. The zero-order chi connectivity index (χ0) is 31.2. The predicted molar refractivity (Wildman–Crippen MR) is 188 cm³/mol. The van der Waals surface area contributed by atoms with E-state index in [0.717, 1.165) is 42.4 Å². The number of carbonyl (C=O) groups is 1. The quantitative estimate of drug-likeness (QED) is 0.0758. The molecule has 0 bridgehead atoms. The van der Waals surface area contributed by atoms with Crippen molar-refractivity contribution in [3.63, 3.8) is 0 Å². The van der Waals surface area contributed by atoms with Crippen molar-refractivity contribution in [2.75, 3.05) is 0 Å². The van der Waals surface area contributed by atoms with Gasteiger partial charge in [0.1, 0.15) is 0 Å². The molecule has 1 radical (unpaired) electrons. The molecule has 4 aromatic carbocycles. The van der Waals surface area contributed by atoms with Gasteiger partial charge in [-0.2, -0.15) is 12.1 Å². The summed E-state index contributed by atoms with van der Waals surface area (Å²) in [6.45, 7) is 8.07. The minimum absolute atomic E-state index is 0. The molecule has 0 spiro atoms. The Morgan fingerprint density at radius 1 is 0.761 bits per heavy atom. The largest absolute Gasteiger partial charge is 0.512 e. The molecule has 235 valence electrons. The Morgan fingerprint density at radius 3 is 2.15 bits per heavy atom. The SMILES string of the molecule is CCC(CC)C(=O)/C=C(\O)C(CC)CC.[Ir].[c-]1cc2ccccc2c2c3cccc4c3n(c12)c1nccc2c3ccccc3n4c21. The van der Waals surface area contributed by atoms with E-state index in [-0.39, 0.29) is 43.5 Å². The molecular formula is C40H38IrN3O2-. The van der Waals surface area contributed by atoms with Gasteiger partial charge in [-0.15, -0.1) is 16.8 Å². The summed E-state index contributed by atoms with van der Waals surface area (Å²) in [5.74, 6) is 0.547. The molecule has 0 aliphatic heterocycles. The van der Waals surface area contributed by atoms with E-state index in [1.807, 2.05) is 33.9 Å². The van der Waals surface area contributed by atoms with Crippen LogP contribution in [-0.2, 0) is 24.9 Å². The van der Waals surface area contributed by atoms with E-state index >= 15 is 0 Å². The minimum Gasteiger partial charge on any atom is -0.512 e. The van der Waals surface area contributed by atoms with Crippen LogP contribution < -0.4 is 0 Å². The van der Waals surface area contributed by atoms with E-state index in [2.05, 4.69) is 93.7 Å². The molecule has 0 aliphatic carbocycles. The molecule has 0 saturated carbocycles. The number of aliphatic hydroxyl groups is 1. The standard InChI is InChI=1S/C27H14N3.C13H24O2.Ir/c1-2-7-17-16(6-1)12-13-22-24(17)20-9-5-11-23-25(20)30(22)27-26-19(14-15-28-27)18-8-3-4-10-21(18)29(23)26;1-5-10(6-2)12(14)9-13(15)11(7-3)8-4;/h1-12,14-15H;9-11,14H,5-8H2,1-4H3;/q-1;;/b;12-9-;. The number of aliphatic hydroxyl groups excluding tert-OH is 1. The molecule has 0 amide bonds. The van der Waals surface area contributed by atoms with Crippen LogP contribution in [0.25, 0.3) is 65.5 Å². The van der Waals surface area contributed by atoms with Crippen LogP contribution in [0.5, 0.6) is 0 Å². The second-order valence-electron chi connectivity index (χ2n) is 12.0. The Kier molecular flexibility index (Phi) is 8.87. The van der Waals surface area contributed by atoms with Gasteiger partial charge in [-0.1, -0.05) is 87.1 Å². The molecule has 0 fully saturated rings. The smallest absolute Gasteiger partial charge is 0.162 e. The summed E-state index contributed by atoms with van der Waals surface area (Å²) >= 11 is 0. The van der Waals surface area contributed by atoms with Crippen molar-refractivity contribution in [3.8, 4) is 0 Å². The number of carbonyl (C=O) groups excluding carboxylic acids is 1. The number of allylic oxidation sites excluding steroid dienone is 2. The van der Waals surface area contributed by atoms with Gasteiger partial charge in [0.05, 0.1) is 27.8 Å². The van der Waals surface area contributed by atoms with Gasteiger partial charge >= 0.3 is 0 Å². The van der Waals surface area contributed by atoms with Gasteiger partial charge in [-0.05, 0) is 49.3 Å². The first-order valence-electron chi connectivity index (χ1n) is 16.2. The number of ketones is 1. The third-order valence-electron chi connectivity index (χ3n) is 9.66. The predicted octanol–water partition coefficient (Wildman–Crippen LogP) is 10.5. The maximum absolute atomic E-state index is 11.7. The van der Waals surface area contributed by atoms with Crippen molar-refractivity contribution >= 4 is 71.3 Å². The summed E-state index contributed by atoms with van der Waals surface area (Å²) < 4.78 is 4.70. The Hall–Kier alpha value is -4.25. The molecule has 8 aromatic rings. The second kappa shape index (κ2) is 12.9. The maximum Gasteiger partial charge on any atom is 0.162 e. The fourth-order valence-corrected chi connectivity index (χ4v) is 7.21. The van der Waals surface area contributed by atoms with Crippen LogP contribution in [0.15, 0.2) is 96.9 Å². The fraction of sp³-hybridized carbons (Fsp3) is 0.250. The number of rotatable bonds is 7. The first kappa shape index (κ1) is 31.7. The number of para-hydroxylation sites is 2. The van der Waals surface area contributed by atoms with E-state index in [0.29, 0.717) is 0 Å². The van der Waals surface area contributed by atoms with Crippen LogP contribution in [0.3, 0.4) is 0 Å². The summed E-state index contributed by atoms with van der Waals surface area (Å²) in [6.07, 6.45) is 6.84. The average Bonchev–Trinajstić information content (AvgIpc) is 3.60. The van der Waals surface area contributed by atoms with E-state index in [4.69, 9.17) is 4.98 Å². The van der Waals surface area contributed by atoms with Gasteiger partial charge < -0.3 is 13.9 Å². The Bertz CT molecular complexity index is 2370. The van der Waals surface area contributed by atoms with E-state index in [1.165, 1.54) is 54.9 Å². The van der Waals surface area contributed by atoms with Crippen molar-refractivity contribution in [1.29, 1.82) is 0 Å². The van der Waals surface area contributed by atoms with E-state index in [1.54, 1.807) is 0 Å². The molecule has 0 aliphatic rings. The molecule has 0 saturated heterocycles.